The molecule has 0 amide bonds. The van der Waals surface area contributed by atoms with Gasteiger partial charge in [0.1, 0.15) is 12.4 Å². The van der Waals surface area contributed by atoms with Crippen molar-refractivity contribution in [2.75, 3.05) is 66.7 Å². The number of rotatable bonds is 7. The second kappa shape index (κ2) is 8.94. The molecule has 4 rings (SSSR count). The minimum Gasteiger partial charge on any atom is -0.493 e. The van der Waals surface area contributed by atoms with Crippen LogP contribution in [-0.4, -0.2) is 86.1 Å². The van der Waals surface area contributed by atoms with Crippen LogP contribution in [0.4, 0.5) is 0 Å². The number of hydrogen-bond acceptors (Lipinski definition) is 6. The smallest absolute Gasteiger partial charge is 0.161 e. The van der Waals surface area contributed by atoms with Crippen molar-refractivity contribution >= 4 is 0 Å². The molecule has 152 valence electrons. The minimum atomic E-state index is 0.468. The highest BCUT2D eigenvalue weighted by Crippen LogP contribution is 2.34. The van der Waals surface area contributed by atoms with Gasteiger partial charge in [0.25, 0.3) is 0 Å². The fraction of sp³-hybridized carbons (Fsp3) is 0.571. The van der Waals surface area contributed by atoms with Gasteiger partial charge < -0.3 is 23.7 Å². The molecule has 0 radical (unpaired) electrons. The molecule has 0 spiro atoms. The van der Waals surface area contributed by atoms with E-state index >= 15 is 0 Å². The monoisotopic (exact) mass is 386 g/mol. The van der Waals surface area contributed by atoms with Crippen molar-refractivity contribution in [3.05, 3.63) is 30.6 Å². The van der Waals surface area contributed by atoms with Crippen molar-refractivity contribution < 1.29 is 14.2 Å². The molecule has 7 heteroatoms. The number of benzene rings is 1. The summed E-state index contributed by atoms with van der Waals surface area (Å²) < 4.78 is 19.3. The van der Waals surface area contributed by atoms with E-state index in [4.69, 9.17) is 14.2 Å². The van der Waals surface area contributed by atoms with Gasteiger partial charge in [0.05, 0.1) is 20.3 Å². The number of hydrogen-bond donors (Lipinski definition) is 0. The molecule has 1 aromatic carbocycles. The molecule has 28 heavy (non-hydrogen) atoms. The van der Waals surface area contributed by atoms with Crippen LogP contribution in [0, 0.1) is 0 Å². The van der Waals surface area contributed by atoms with Gasteiger partial charge in [0.15, 0.2) is 11.5 Å². The molecule has 0 N–H and O–H groups in total. The van der Waals surface area contributed by atoms with E-state index in [0.717, 1.165) is 75.2 Å². The lowest BCUT2D eigenvalue weighted by Crippen LogP contribution is -2.38. The van der Waals surface area contributed by atoms with Crippen LogP contribution in [0.25, 0.3) is 11.4 Å². The normalized spacial score (nSPS) is 21.1. The largest absolute Gasteiger partial charge is 0.493 e. The molecular formula is C21H30N4O3. The van der Waals surface area contributed by atoms with Crippen molar-refractivity contribution in [1.29, 1.82) is 0 Å². The van der Waals surface area contributed by atoms with Gasteiger partial charge in [-0.05, 0) is 38.2 Å². The summed E-state index contributed by atoms with van der Waals surface area (Å²) in [5, 5.41) is 0. The molecule has 1 aromatic heterocycles. The average molecular weight is 386 g/mol. The maximum atomic E-state index is 6.10. The minimum absolute atomic E-state index is 0.468. The number of aromatic nitrogens is 2. The molecule has 0 saturated carbocycles. The SMILES string of the molecule is COc1ccc(-c2nccn2C2CCN(C)C2)cc1OCCN1CCOCC1. The Bertz CT molecular complexity index is 773. The second-order valence-electron chi connectivity index (χ2n) is 7.53. The van der Waals surface area contributed by atoms with Crippen molar-refractivity contribution in [3.8, 4) is 22.9 Å². The van der Waals surface area contributed by atoms with Gasteiger partial charge in [-0.1, -0.05) is 0 Å². The number of imidazole rings is 1. The summed E-state index contributed by atoms with van der Waals surface area (Å²) in [5.74, 6) is 2.51. The molecule has 7 nitrogen and oxygen atoms in total. The molecule has 2 aliphatic rings. The molecule has 1 atom stereocenters. The van der Waals surface area contributed by atoms with Gasteiger partial charge >= 0.3 is 0 Å². The molecule has 2 aliphatic heterocycles. The summed E-state index contributed by atoms with van der Waals surface area (Å²) >= 11 is 0. The maximum Gasteiger partial charge on any atom is 0.161 e. The fourth-order valence-electron chi connectivity index (χ4n) is 4.01. The molecule has 0 bridgehead atoms. The Labute approximate surface area is 166 Å². The molecule has 2 aromatic rings. The number of likely N-dealkylation sites (N-methyl/N-ethyl adjacent to an activating group) is 1. The van der Waals surface area contributed by atoms with Crippen LogP contribution in [0.3, 0.4) is 0 Å². The van der Waals surface area contributed by atoms with Gasteiger partial charge in [-0.25, -0.2) is 4.98 Å². The van der Waals surface area contributed by atoms with Crippen LogP contribution < -0.4 is 9.47 Å². The van der Waals surface area contributed by atoms with Crippen molar-refractivity contribution in [1.82, 2.24) is 19.4 Å². The predicted molar refractivity (Wildman–Crippen MR) is 108 cm³/mol. The van der Waals surface area contributed by atoms with Crippen LogP contribution in [0.1, 0.15) is 12.5 Å². The molecule has 2 saturated heterocycles. The van der Waals surface area contributed by atoms with Crippen molar-refractivity contribution in [2.45, 2.75) is 12.5 Å². The van der Waals surface area contributed by atoms with Crippen LogP contribution in [0.2, 0.25) is 0 Å². The number of ether oxygens (including phenoxy) is 3. The van der Waals surface area contributed by atoms with E-state index in [0.29, 0.717) is 12.6 Å². The fourth-order valence-corrected chi connectivity index (χ4v) is 4.01. The summed E-state index contributed by atoms with van der Waals surface area (Å²) in [5.41, 5.74) is 1.06. The Hall–Kier alpha value is -2.09. The number of methoxy groups -OCH3 is 1. The first-order valence-electron chi connectivity index (χ1n) is 10.1. The van der Waals surface area contributed by atoms with Crippen LogP contribution in [-0.2, 0) is 4.74 Å². The first-order valence-corrected chi connectivity index (χ1v) is 10.1. The molecule has 2 fully saturated rings. The van der Waals surface area contributed by atoms with Crippen molar-refractivity contribution in [2.24, 2.45) is 0 Å². The summed E-state index contributed by atoms with van der Waals surface area (Å²) in [6.07, 6.45) is 5.12. The van der Waals surface area contributed by atoms with Crippen LogP contribution >= 0.6 is 0 Å². The van der Waals surface area contributed by atoms with Gasteiger partial charge in [0.2, 0.25) is 0 Å². The summed E-state index contributed by atoms with van der Waals surface area (Å²) in [6, 6.07) is 6.55. The van der Waals surface area contributed by atoms with E-state index in [-0.39, 0.29) is 0 Å². The zero-order chi connectivity index (χ0) is 19.3. The highest BCUT2D eigenvalue weighted by atomic mass is 16.5. The maximum absolute atomic E-state index is 6.10. The van der Waals surface area contributed by atoms with E-state index in [1.807, 2.05) is 12.3 Å². The first kappa shape index (κ1) is 19.2. The van der Waals surface area contributed by atoms with E-state index in [1.54, 1.807) is 7.11 Å². The highest BCUT2D eigenvalue weighted by molar-refractivity contribution is 5.61. The standard InChI is InChI=1S/C21H30N4O3/c1-23-7-5-18(16-23)25-8-6-22-21(25)17-3-4-19(26-2)20(15-17)28-14-11-24-9-12-27-13-10-24/h3-4,6,8,15,18H,5,7,9-14,16H2,1-2H3. The van der Waals surface area contributed by atoms with E-state index < -0.39 is 0 Å². The topological polar surface area (TPSA) is 52.0 Å². The molecule has 3 heterocycles. The number of likely N-dealkylation sites (tertiary alicyclic amines) is 1. The van der Waals surface area contributed by atoms with Gasteiger partial charge in [-0.3, -0.25) is 4.90 Å². The average Bonchev–Trinajstić information content (AvgIpc) is 3.37. The lowest BCUT2D eigenvalue weighted by atomic mass is 10.1. The highest BCUT2D eigenvalue weighted by Gasteiger charge is 2.23. The summed E-state index contributed by atoms with van der Waals surface area (Å²) in [6.45, 7) is 7.24. The quantitative estimate of drug-likeness (QED) is 0.727. The van der Waals surface area contributed by atoms with Crippen molar-refractivity contribution in [3.63, 3.8) is 0 Å². The Morgan fingerprint density at radius 1 is 1.18 bits per heavy atom. The molecular weight excluding hydrogens is 356 g/mol. The van der Waals surface area contributed by atoms with Gasteiger partial charge in [-0.15, -0.1) is 0 Å². The van der Waals surface area contributed by atoms with E-state index in [9.17, 15) is 0 Å². The third kappa shape index (κ3) is 4.32. The first-order chi connectivity index (χ1) is 13.7. The Morgan fingerprint density at radius 2 is 2.04 bits per heavy atom. The third-order valence-corrected chi connectivity index (χ3v) is 5.62. The molecule has 1 unspecified atom stereocenters. The van der Waals surface area contributed by atoms with E-state index in [1.165, 1.54) is 0 Å². The second-order valence-corrected chi connectivity index (χ2v) is 7.53. The Morgan fingerprint density at radius 3 is 2.79 bits per heavy atom. The van der Waals surface area contributed by atoms with Gasteiger partial charge in [-0.2, -0.15) is 0 Å². The zero-order valence-corrected chi connectivity index (χ0v) is 16.8. The van der Waals surface area contributed by atoms with Gasteiger partial charge in [0, 0.05) is 50.2 Å². The lowest BCUT2D eigenvalue weighted by molar-refractivity contribution is 0.0321. The zero-order valence-electron chi connectivity index (χ0n) is 16.8. The number of nitrogens with zero attached hydrogens (tertiary/aromatic N) is 4. The number of morpholine rings is 1. The van der Waals surface area contributed by atoms with E-state index in [2.05, 4.69) is 44.7 Å². The Kier molecular flexibility index (Phi) is 6.14. The van der Waals surface area contributed by atoms with Crippen LogP contribution in [0.5, 0.6) is 11.5 Å². The summed E-state index contributed by atoms with van der Waals surface area (Å²) in [4.78, 5) is 9.36. The third-order valence-electron chi connectivity index (χ3n) is 5.62. The summed E-state index contributed by atoms with van der Waals surface area (Å²) in [7, 11) is 3.85. The molecule has 0 aliphatic carbocycles. The van der Waals surface area contributed by atoms with Crippen LogP contribution in [0.15, 0.2) is 30.6 Å². The lowest BCUT2D eigenvalue weighted by Gasteiger charge is -2.26. The Balaban J connectivity index is 1.48. The predicted octanol–water partition coefficient (Wildman–Crippen LogP) is 2.15.